The fraction of sp³-hybridized carbons (Fsp3) is 0.700. The van der Waals surface area contributed by atoms with E-state index in [1.165, 1.54) is 0 Å². The summed E-state index contributed by atoms with van der Waals surface area (Å²) in [5.41, 5.74) is 0. The predicted molar refractivity (Wildman–Crippen MR) is 91.4 cm³/mol. The van der Waals surface area contributed by atoms with Crippen molar-refractivity contribution in [2.45, 2.75) is 57.8 Å². The molecule has 1 saturated heterocycles. The van der Waals surface area contributed by atoms with Crippen LogP contribution in [0.25, 0.3) is 0 Å². The van der Waals surface area contributed by atoms with Crippen LogP contribution in [0.3, 0.4) is 0 Å². The van der Waals surface area contributed by atoms with Gasteiger partial charge in [0.25, 0.3) is 0 Å². The molecule has 0 radical (unpaired) electrons. The quantitative estimate of drug-likeness (QED) is 0.448. The Morgan fingerprint density at radius 1 is 1.00 bits per heavy atom. The Hall–Kier alpha value is -1.41. The van der Waals surface area contributed by atoms with Crippen molar-refractivity contribution in [1.82, 2.24) is 0 Å². The van der Waals surface area contributed by atoms with Gasteiger partial charge in [-0.25, -0.2) is 13.2 Å². The zero-order chi connectivity index (χ0) is 20.3. The van der Waals surface area contributed by atoms with Crippen LogP contribution in [0.1, 0.15) is 45.4 Å². The molecule has 8 heteroatoms. The molecule has 3 nitrogen and oxygen atoms in total. The molecule has 0 spiro atoms. The summed E-state index contributed by atoms with van der Waals surface area (Å²) in [5.74, 6) is -6.27. The molecular weight excluding hydrogens is 383 g/mol. The van der Waals surface area contributed by atoms with Crippen molar-refractivity contribution in [3.8, 4) is 5.75 Å². The first-order chi connectivity index (χ1) is 13.3. The molecule has 3 rings (SSSR count). The molecule has 1 aromatic carbocycles. The van der Waals surface area contributed by atoms with E-state index in [0.717, 1.165) is 12.8 Å². The summed E-state index contributed by atoms with van der Waals surface area (Å²) in [6.07, 6.45) is -0.571. The molecule has 158 valence electrons. The third-order valence-electron chi connectivity index (χ3n) is 5.53. The van der Waals surface area contributed by atoms with Crippen LogP contribution in [-0.4, -0.2) is 25.6 Å². The van der Waals surface area contributed by atoms with Gasteiger partial charge in [-0.15, -0.1) is 0 Å². The molecule has 1 aliphatic carbocycles. The monoisotopic (exact) mass is 408 g/mol. The van der Waals surface area contributed by atoms with Gasteiger partial charge in [-0.2, -0.15) is 8.78 Å². The van der Waals surface area contributed by atoms with Crippen LogP contribution in [0.5, 0.6) is 5.75 Å². The maximum atomic E-state index is 14.4. The van der Waals surface area contributed by atoms with Crippen LogP contribution in [0.15, 0.2) is 12.1 Å². The van der Waals surface area contributed by atoms with Crippen LogP contribution in [-0.2, 0) is 9.47 Å². The zero-order valence-electron chi connectivity index (χ0n) is 15.7. The van der Waals surface area contributed by atoms with Gasteiger partial charge in [-0.3, -0.25) is 0 Å². The molecule has 0 atom stereocenters. The predicted octanol–water partition coefficient (Wildman–Crippen LogP) is 5.67. The minimum absolute atomic E-state index is 0.0373. The first-order valence-electron chi connectivity index (χ1n) is 9.74. The molecule has 0 unspecified atom stereocenters. The first-order valence-corrected chi connectivity index (χ1v) is 9.74. The Morgan fingerprint density at radius 3 is 2.11 bits per heavy atom. The number of rotatable bonds is 6. The fourth-order valence-electron chi connectivity index (χ4n) is 3.96. The van der Waals surface area contributed by atoms with Crippen LogP contribution in [0.2, 0.25) is 0 Å². The molecule has 0 amide bonds. The largest absolute Gasteiger partial charge is 0.432 e. The minimum atomic E-state index is -3.61. The van der Waals surface area contributed by atoms with Crippen molar-refractivity contribution in [2.75, 3.05) is 13.2 Å². The number of benzene rings is 1. The summed E-state index contributed by atoms with van der Waals surface area (Å²) in [4.78, 5) is 0. The van der Waals surface area contributed by atoms with Gasteiger partial charge < -0.3 is 14.2 Å². The molecular formula is C20H25F5O3. The second-order valence-corrected chi connectivity index (χ2v) is 7.67. The van der Waals surface area contributed by atoms with Crippen molar-refractivity contribution in [2.24, 2.45) is 17.8 Å². The Balaban J connectivity index is 1.52. The van der Waals surface area contributed by atoms with Gasteiger partial charge in [0.05, 0.1) is 19.1 Å². The average Bonchev–Trinajstić information content (AvgIpc) is 2.67. The summed E-state index contributed by atoms with van der Waals surface area (Å²) in [6, 6.07) is 0.850. The third-order valence-corrected chi connectivity index (χ3v) is 5.53. The van der Waals surface area contributed by atoms with Crippen LogP contribution < -0.4 is 4.74 Å². The molecule has 2 fully saturated rings. The second kappa shape index (κ2) is 8.95. The molecule has 0 bridgehead atoms. The van der Waals surface area contributed by atoms with E-state index in [4.69, 9.17) is 9.47 Å². The van der Waals surface area contributed by atoms with E-state index in [9.17, 15) is 22.0 Å². The van der Waals surface area contributed by atoms with Gasteiger partial charge in [0.15, 0.2) is 23.7 Å². The van der Waals surface area contributed by atoms with E-state index >= 15 is 0 Å². The summed E-state index contributed by atoms with van der Waals surface area (Å²) in [7, 11) is 0. The van der Waals surface area contributed by atoms with Gasteiger partial charge in [0.1, 0.15) is 5.75 Å². The third kappa shape index (κ3) is 4.95. The molecule has 1 aliphatic heterocycles. The lowest BCUT2D eigenvalue weighted by Gasteiger charge is -2.38. The number of hydrogen-bond acceptors (Lipinski definition) is 3. The Kier molecular flexibility index (Phi) is 6.81. The number of ether oxygens (including phenoxy) is 3. The summed E-state index contributed by atoms with van der Waals surface area (Å²) in [5, 5.41) is 0. The van der Waals surface area contributed by atoms with Crippen molar-refractivity contribution in [3.05, 3.63) is 29.6 Å². The molecule has 1 saturated carbocycles. The lowest BCUT2D eigenvalue weighted by Crippen LogP contribution is -2.42. The summed E-state index contributed by atoms with van der Waals surface area (Å²) < 4.78 is 84.4. The maximum absolute atomic E-state index is 14.4. The van der Waals surface area contributed by atoms with E-state index in [2.05, 4.69) is 11.7 Å². The SMILES string of the molecule is CCC[C@H]1CO[C@H](C2CCC(C(F)(F)Oc3cc(F)c(F)c(F)c3)CC2)OC1. The van der Waals surface area contributed by atoms with E-state index in [1.54, 1.807) is 0 Å². The molecule has 28 heavy (non-hydrogen) atoms. The highest BCUT2D eigenvalue weighted by Gasteiger charge is 2.45. The van der Waals surface area contributed by atoms with Gasteiger partial charge in [-0.05, 0) is 32.1 Å². The summed E-state index contributed by atoms with van der Waals surface area (Å²) in [6.45, 7) is 3.35. The Bertz CT molecular complexity index is 630. The van der Waals surface area contributed by atoms with Gasteiger partial charge >= 0.3 is 6.11 Å². The van der Waals surface area contributed by atoms with Crippen LogP contribution in [0.4, 0.5) is 22.0 Å². The van der Waals surface area contributed by atoms with Crippen LogP contribution >= 0.6 is 0 Å². The number of halogens is 5. The fourth-order valence-corrected chi connectivity index (χ4v) is 3.96. The van der Waals surface area contributed by atoms with Gasteiger partial charge in [0.2, 0.25) is 0 Å². The van der Waals surface area contributed by atoms with E-state index in [0.29, 0.717) is 44.1 Å². The van der Waals surface area contributed by atoms with E-state index < -0.39 is 35.2 Å². The lowest BCUT2D eigenvalue weighted by molar-refractivity contribution is -0.247. The molecule has 2 aliphatic rings. The molecule has 1 aromatic rings. The highest BCUT2D eigenvalue weighted by atomic mass is 19.3. The van der Waals surface area contributed by atoms with Gasteiger partial charge in [0, 0.05) is 24.0 Å². The number of alkyl halides is 2. The molecule has 0 aromatic heterocycles. The zero-order valence-corrected chi connectivity index (χ0v) is 15.7. The minimum Gasteiger partial charge on any atom is -0.432 e. The van der Waals surface area contributed by atoms with Crippen molar-refractivity contribution in [3.63, 3.8) is 0 Å². The normalized spacial score (nSPS) is 28.9. The second-order valence-electron chi connectivity index (χ2n) is 7.67. The van der Waals surface area contributed by atoms with Crippen LogP contribution in [0, 0.1) is 35.2 Å². The highest BCUT2D eigenvalue weighted by Crippen LogP contribution is 2.42. The van der Waals surface area contributed by atoms with Crippen molar-refractivity contribution >= 4 is 0 Å². The Labute approximate surface area is 161 Å². The molecule has 1 heterocycles. The average molecular weight is 408 g/mol. The standard InChI is InChI=1S/C20H25F5O3/c1-2-3-12-10-26-19(27-11-12)13-4-6-14(7-5-13)20(24,25)28-15-8-16(21)18(23)17(22)9-15/h8-9,12-14,19H,2-7,10-11H2,1H3/t12-,13?,14?,19-. The summed E-state index contributed by atoms with van der Waals surface area (Å²) >= 11 is 0. The van der Waals surface area contributed by atoms with E-state index in [1.807, 2.05) is 0 Å². The molecule has 0 N–H and O–H groups in total. The van der Waals surface area contributed by atoms with Crippen molar-refractivity contribution in [1.29, 1.82) is 0 Å². The Morgan fingerprint density at radius 2 is 1.57 bits per heavy atom. The van der Waals surface area contributed by atoms with E-state index in [-0.39, 0.29) is 25.0 Å². The van der Waals surface area contributed by atoms with Crippen molar-refractivity contribution < 1.29 is 36.2 Å². The first kappa shape index (κ1) is 21.3. The topological polar surface area (TPSA) is 27.7 Å². The number of hydrogen-bond donors (Lipinski definition) is 0. The smallest absolute Gasteiger partial charge is 0.400 e. The highest BCUT2D eigenvalue weighted by molar-refractivity contribution is 5.25. The lowest BCUT2D eigenvalue weighted by atomic mass is 9.80. The van der Waals surface area contributed by atoms with Gasteiger partial charge in [-0.1, -0.05) is 13.3 Å². The maximum Gasteiger partial charge on any atom is 0.400 e.